The van der Waals surface area contributed by atoms with Gasteiger partial charge in [0.05, 0.1) is 5.41 Å². The quantitative estimate of drug-likeness (QED) is 0.846. The first kappa shape index (κ1) is 13.4. The van der Waals surface area contributed by atoms with Crippen LogP contribution in [0.3, 0.4) is 0 Å². The largest absolute Gasteiger partial charge is 0.481 e. The minimum absolute atomic E-state index is 0.314. The Morgan fingerprint density at radius 3 is 2.56 bits per heavy atom. The Morgan fingerprint density at radius 1 is 1.33 bits per heavy atom. The van der Waals surface area contributed by atoms with E-state index in [2.05, 4.69) is 0 Å². The van der Waals surface area contributed by atoms with Crippen molar-refractivity contribution in [2.24, 2.45) is 0 Å². The monoisotopic (exact) mass is 268 g/mol. The summed E-state index contributed by atoms with van der Waals surface area (Å²) in [5.74, 6) is -1.13. The molecule has 0 aromatic heterocycles. The molecule has 2 nitrogen and oxygen atoms in total. The minimum Gasteiger partial charge on any atom is -0.481 e. The number of carboxylic acids is 1. The van der Waals surface area contributed by atoms with E-state index >= 15 is 0 Å². The number of rotatable bonds is 3. The second-order valence-electron chi connectivity index (χ2n) is 4.77. The second-order valence-corrected chi connectivity index (χ2v) is 5.59. The van der Waals surface area contributed by atoms with Crippen LogP contribution in [-0.2, 0) is 10.2 Å². The number of carbonyl (C=O) groups is 1. The summed E-state index contributed by atoms with van der Waals surface area (Å²) in [7, 11) is 0. The SMILES string of the molecule is CSc1c(F)cccc1C1(C(=O)O)CCCCC1. The van der Waals surface area contributed by atoms with Gasteiger partial charge >= 0.3 is 5.97 Å². The van der Waals surface area contributed by atoms with Gasteiger partial charge in [-0.05, 0) is 30.7 Å². The molecule has 1 N–H and O–H groups in total. The van der Waals surface area contributed by atoms with E-state index in [0.29, 0.717) is 23.3 Å². The van der Waals surface area contributed by atoms with Crippen molar-refractivity contribution < 1.29 is 14.3 Å². The number of thioether (sulfide) groups is 1. The molecule has 0 radical (unpaired) electrons. The van der Waals surface area contributed by atoms with Crippen LogP contribution in [0.1, 0.15) is 37.7 Å². The van der Waals surface area contributed by atoms with Crippen LogP contribution >= 0.6 is 11.8 Å². The molecule has 0 bridgehead atoms. The van der Waals surface area contributed by atoms with Crippen molar-refractivity contribution >= 4 is 17.7 Å². The molecule has 0 saturated heterocycles. The van der Waals surface area contributed by atoms with Crippen molar-refractivity contribution in [3.8, 4) is 0 Å². The zero-order valence-corrected chi connectivity index (χ0v) is 11.2. The molecule has 1 aliphatic carbocycles. The molecule has 1 fully saturated rings. The predicted molar refractivity (Wildman–Crippen MR) is 70.6 cm³/mol. The fraction of sp³-hybridized carbons (Fsp3) is 0.500. The highest BCUT2D eigenvalue weighted by molar-refractivity contribution is 7.98. The summed E-state index contributed by atoms with van der Waals surface area (Å²) in [4.78, 5) is 12.2. The smallest absolute Gasteiger partial charge is 0.314 e. The maximum Gasteiger partial charge on any atom is 0.314 e. The van der Waals surface area contributed by atoms with E-state index in [0.717, 1.165) is 19.3 Å². The van der Waals surface area contributed by atoms with E-state index in [1.165, 1.54) is 17.8 Å². The van der Waals surface area contributed by atoms with Gasteiger partial charge in [-0.1, -0.05) is 31.4 Å². The first-order valence-electron chi connectivity index (χ1n) is 6.18. The molecule has 1 aromatic rings. The van der Waals surface area contributed by atoms with Gasteiger partial charge in [0, 0.05) is 4.90 Å². The normalized spacial score (nSPS) is 18.6. The van der Waals surface area contributed by atoms with E-state index in [4.69, 9.17) is 0 Å². The van der Waals surface area contributed by atoms with Gasteiger partial charge < -0.3 is 5.11 Å². The standard InChI is InChI=1S/C14H17FO2S/c1-18-12-10(6-5-7-11(12)15)14(13(16)17)8-3-2-4-9-14/h5-7H,2-4,8-9H2,1H3,(H,16,17). The third-order valence-electron chi connectivity index (χ3n) is 3.80. The molecule has 0 unspecified atom stereocenters. The number of benzene rings is 1. The number of carboxylic acid groups (broad SMARTS) is 1. The van der Waals surface area contributed by atoms with Crippen LogP contribution in [0, 0.1) is 5.82 Å². The van der Waals surface area contributed by atoms with Gasteiger partial charge in [-0.25, -0.2) is 4.39 Å². The van der Waals surface area contributed by atoms with E-state index in [1.807, 2.05) is 0 Å². The lowest BCUT2D eigenvalue weighted by Gasteiger charge is -2.34. The molecule has 0 amide bonds. The molecule has 1 saturated carbocycles. The molecule has 1 aliphatic rings. The van der Waals surface area contributed by atoms with Crippen LogP contribution in [0.2, 0.25) is 0 Å². The average Bonchev–Trinajstić information content (AvgIpc) is 2.39. The van der Waals surface area contributed by atoms with E-state index < -0.39 is 11.4 Å². The molecular formula is C14H17FO2S. The highest BCUT2D eigenvalue weighted by atomic mass is 32.2. The van der Waals surface area contributed by atoms with Gasteiger partial charge in [0.25, 0.3) is 0 Å². The van der Waals surface area contributed by atoms with Crippen LogP contribution in [-0.4, -0.2) is 17.3 Å². The van der Waals surface area contributed by atoms with E-state index in [-0.39, 0.29) is 5.82 Å². The Balaban J connectivity index is 2.55. The Morgan fingerprint density at radius 2 is 2.00 bits per heavy atom. The lowest BCUT2D eigenvalue weighted by atomic mass is 9.69. The van der Waals surface area contributed by atoms with Crippen molar-refractivity contribution in [3.63, 3.8) is 0 Å². The summed E-state index contributed by atoms with van der Waals surface area (Å²) in [5.41, 5.74) is -0.235. The Hall–Kier alpha value is -1.03. The second kappa shape index (κ2) is 5.31. The molecule has 1 aromatic carbocycles. The number of hydrogen-bond acceptors (Lipinski definition) is 2. The summed E-state index contributed by atoms with van der Waals surface area (Å²) < 4.78 is 13.8. The fourth-order valence-electron chi connectivity index (χ4n) is 2.85. The summed E-state index contributed by atoms with van der Waals surface area (Å²) in [5, 5.41) is 9.62. The van der Waals surface area contributed by atoms with Crippen molar-refractivity contribution in [3.05, 3.63) is 29.6 Å². The molecular weight excluding hydrogens is 251 g/mol. The van der Waals surface area contributed by atoms with Crippen molar-refractivity contribution in [2.75, 3.05) is 6.26 Å². The van der Waals surface area contributed by atoms with Crippen LogP contribution in [0.25, 0.3) is 0 Å². The molecule has 4 heteroatoms. The third kappa shape index (κ3) is 2.14. The van der Waals surface area contributed by atoms with Crippen LogP contribution < -0.4 is 0 Å². The molecule has 0 heterocycles. The summed E-state index contributed by atoms with van der Waals surface area (Å²) in [6.07, 6.45) is 5.88. The van der Waals surface area contributed by atoms with Crippen LogP contribution in [0.15, 0.2) is 23.1 Å². The van der Waals surface area contributed by atoms with E-state index in [1.54, 1.807) is 18.4 Å². The summed E-state index contributed by atoms with van der Waals surface area (Å²) in [6.45, 7) is 0. The number of aliphatic carboxylic acids is 1. The Bertz CT molecular complexity index is 453. The maximum atomic E-state index is 13.8. The number of halogens is 1. The highest BCUT2D eigenvalue weighted by Crippen LogP contribution is 2.43. The highest BCUT2D eigenvalue weighted by Gasteiger charge is 2.43. The third-order valence-corrected chi connectivity index (χ3v) is 4.63. The molecule has 0 aliphatic heterocycles. The van der Waals surface area contributed by atoms with E-state index in [9.17, 15) is 14.3 Å². The molecule has 0 atom stereocenters. The van der Waals surface area contributed by atoms with Crippen LogP contribution in [0.4, 0.5) is 4.39 Å². The van der Waals surface area contributed by atoms with Gasteiger partial charge in [0.2, 0.25) is 0 Å². The zero-order valence-electron chi connectivity index (χ0n) is 10.4. The van der Waals surface area contributed by atoms with Crippen molar-refractivity contribution in [1.29, 1.82) is 0 Å². The maximum absolute atomic E-state index is 13.8. The first-order chi connectivity index (χ1) is 8.62. The summed E-state index contributed by atoms with van der Waals surface area (Å²) >= 11 is 1.29. The zero-order chi connectivity index (χ0) is 13.2. The average molecular weight is 268 g/mol. The Labute approximate surface area is 111 Å². The minimum atomic E-state index is -0.890. The molecule has 2 rings (SSSR count). The fourth-order valence-corrected chi connectivity index (χ4v) is 3.59. The topological polar surface area (TPSA) is 37.3 Å². The van der Waals surface area contributed by atoms with Crippen molar-refractivity contribution in [2.45, 2.75) is 42.4 Å². The lowest BCUT2D eigenvalue weighted by Crippen LogP contribution is -2.38. The summed E-state index contributed by atoms with van der Waals surface area (Å²) in [6, 6.07) is 4.78. The predicted octanol–water partition coefficient (Wildman–Crippen LogP) is 3.83. The molecule has 0 spiro atoms. The number of hydrogen-bond donors (Lipinski definition) is 1. The first-order valence-corrected chi connectivity index (χ1v) is 7.40. The van der Waals surface area contributed by atoms with Gasteiger partial charge in [-0.2, -0.15) is 0 Å². The van der Waals surface area contributed by atoms with Gasteiger partial charge in [-0.3, -0.25) is 4.79 Å². The molecule has 98 valence electrons. The van der Waals surface area contributed by atoms with Gasteiger partial charge in [-0.15, -0.1) is 11.8 Å². The van der Waals surface area contributed by atoms with Crippen molar-refractivity contribution in [1.82, 2.24) is 0 Å². The van der Waals surface area contributed by atoms with Gasteiger partial charge in [0.15, 0.2) is 0 Å². The Kier molecular flexibility index (Phi) is 3.95. The lowest BCUT2D eigenvalue weighted by molar-refractivity contribution is -0.145. The van der Waals surface area contributed by atoms with Crippen LogP contribution in [0.5, 0.6) is 0 Å². The molecule has 18 heavy (non-hydrogen) atoms. The van der Waals surface area contributed by atoms with Gasteiger partial charge in [0.1, 0.15) is 5.82 Å².